The molecule has 0 unspecified atom stereocenters. The van der Waals surface area contributed by atoms with Gasteiger partial charge in [-0.05, 0) is 6.42 Å². The van der Waals surface area contributed by atoms with Crippen molar-refractivity contribution in [2.24, 2.45) is 4.99 Å². The molecule has 0 fully saturated rings. The first-order valence-electron chi connectivity index (χ1n) is 3.31. The third-order valence-corrected chi connectivity index (χ3v) is 3.41. The molecule has 2 nitrogen and oxygen atoms in total. The van der Waals surface area contributed by atoms with E-state index in [1.54, 1.807) is 23.5 Å². The molecule has 0 N–H and O–H groups in total. The first-order valence-corrected chi connectivity index (χ1v) is 5.29. The van der Waals surface area contributed by atoms with Gasteiger partial charge in [0.25, 0.3) is 0 Å². The SMILES string of the molecule is [O]CCCSC1=NCCS1. The van der Waals surface area contributed by atoms with Crippen LogP contribution >= 0.6 is 23.5 Å². The van der Waals surface area contributed by atoms with Crippen LogP contribution in [0.2, 0.25) is 0 Å². The zero-order valence-corrected chi connectivity index (χ0v) is 7.34. The Balaban J connectivity index is 2.01. The second-order valence-electron chi connectivity index (χ2n) is 1.90. The summed E-state index contributed by atoms with van der Waals surface area (Å²) in [5.74, 6) is 2.06. The summed E-state index contributed by atoms with van der Waals surface area (Å²) in [4.78, 5) is 4.25. The lowest BCUT2D eigenvalue weighted by atomic mass is 10.5. The van der Waals surface area contributed by atoms with Gasteiger partial charge < -0.3 is 0 Å². The van der Waals surface area contributed by atoms with E-state index in [4.69, 9.17) is 0 Å². The zero-order valence-electron chi connectivity index (χ0n) is 5.71. The maximum atomic E-state index is 10.0. The molecule has 1 heterocycles. The minimum absolute atomic E-state index is 0.0466. The van der Waals surface area contributed by atoms with Gasteiger partial charge in [-0.25, -0.2) is 5.11 Å². The summed E-state index contributed by atoms with van der Waals surface area (Å²) in [6, 6.07) is 0. The zero-order chi connectivity index (χ0) is 7.23. The van der Waals surface area contributed by atoms with Crippen molar-refractivity contribution in [2.75, 3.05) is 24.7 Å². The monoisotopic (exact) mass is 176 g/mol. The summed E-state index contributed by atoms with van der Waals surface area (Å²) >= 11 is 3.53. The van der Waals surface area contributed by atoms with Crippen molar-refractivity contribution >= 4 is 27.9 Å². The van der Waals surface area contributed by atoms with Crippen molar-refractivity contribution < 1.29 is 5.11 Å². The Kier molecular flexibility index (Phi) is 4.25. The normalized spacial score (nSPS) is 17.5. The van der Waals surface area contributed by atoms with Crippen molar-refractivity contribution in [3.63, 3.8) is 0 Å². The quantitative estimate of drug-likeness (QED) is 0.612. The van der Waals surface area contributed by atoms with E-state index >= 15 is 0 Å². The fraction of sp³-hybridized carbons (Fsp3) is 0.833. The van der Waals surface area contributed by atoms with E-state index in [9.17, 15) is 5.11 Å². The molecule has 0 saturated heterocycles. The predicted octanol–water partition coefficient (Wildman–Crippen LogP) is 1.64. The second kappa shape index (κ2) is 5.04. The number of aliphatic imine (C=N–C) groups is 1. The van der Waals surface area contributed by atoms with Gasteiger partial charge in [0.1, 0.15) is 4.38 Å². The van der Waals surface area contributed by atoms with Crippen LogP contribution in [0.25, 0.3) is 0 Å². The van der Waals surface area contributed by atoms with Gasteiger partial charge in [-0.3, -0.25) is 4.99 Å². The minimum atomic E-state index is 0.0466. The number of hydrogen-bond donors (Lipinski definition) is 0. The minimum Gasteiger partial charge on any atom is -0.271 e. The third kappa shape index (κ3) is 2.94. The molecule has 0 atom stereocenters. The van der Waals surface area contributed by atoms with Crippen molar-refractivity contribution in [1.29, 1.82) is 0 Å². The van der Waals surface area contributed by atoms with Gasteiger partial charge in [0, 0.05) is 11.5 Å². The van der Waals surface area contributed by atoms with Crippen LogP contribution in [0.1, 0.15) is 6.42 Å². The summed E-state index contributed by atoms with van der Waals surface area (Å²) in [5, 5.41) is 10.0. The van der Waals surface area contributed by atoms with Gasteiger partial charge in [-0.15, -0.1) is 0 Å². The number of hydrogen-bond acceptors (Lipinski definition) is 3. The highest BCUT2D eigenvalue weighted by atomic mass is 32.2. The van der Waals surface area contributed by atoms with E-state index in [0.29, 0.717) is 0 Å². The third-order valence-electron chi connectivity index (χ3n) is 1.07. The molecule has 0 bridgehead atoms. The smallest absolute Gasteiger partial charge is 0.124 e. The molecule has 0 aromatic heterocycles. The average Bonchev–Trinajstić information content (AvgIpc) is 2.41. The van der Waals surface area contributed by atoms with E-state index in [2.05, 4.69) is 4.99 Å². The van der Waals surface area contributed by atoms with Crippen LogP contribution in [0.15, 0.2) is 4.99 Å². The van der Waals surface area contributed by atoms with Gasteiger partial charge in [0.05, 0.1) is 13.2 Å². The molecule has 57 valence electrons. The molecule has 0 saturated carbocycles. The van der Waals surface area contributed by atoms with Crippen molar-refractivity contribution in [3.8, 4) is 0 Å². The van der Waals surface area contributed by atoms with Gasteiger partial charge in [-0.1, -0.05) is 23.5 Å². The highest BCUT2D eigenvalue weighted by Gasteiger charge is 2.05. The number of nitrogens with zero attached hydrogens (tertiary/aromatic N) is 1. The molecule has 0 aliphatic carbocycles. The summed E-state index contributed by atoms with van der Waals surface area (Å²) in [5.41, 5.74) is 0. The Bertz CT molecular complexity index is 127. The van der Waals surface area contributed by atoms with Crippen molar-refractivity contribution in [3.05, 3.63) is 0 Å². The van der Waals surface area contributed by atoms with E-state index in [-0.39, 0.29) is 6.61 Å². The lowest BCUT2D eigenvalue weighted by Gasteiger charge is -1.95. The van der Waals surface area contributed by atoms with Crippen molar-refractivity contribution in [1.82, 2.24) is 0 Å². The number of thioether (sulfide) groups is 2. The average molecular weight is 176 g/mol. The summed E-state index contributed by atoms with van der Waals surface area (Å²) in [7, 11) is 0. The van der Waals surface area contributed by atoms with Crippen LogP contribution in [-0.2, 0) is 5.11 Å². The fourth-order valence-electron chi connectivity index (χ4n) is 0.621. The first-order chi connectivity index (χ1) is 4.93. The summed E-state index contributed by atoms with van der Waals surface area (Å²) < 4.78 is 1.17. The Labute approximate surface area is 69.5 Å². The topological polar surface area (TPSA) is 32.3 Å². The molecular weight excluding hydrogens is 166 g/mol. The maximum Gasteiger partial charge on any atom is 0.124 e. The van der Waals surface area contributed by atoms with Gasteiger partial charge >= 0.3 is 0 Å². The Morgan fingerprint density at radius 3 is 3.20 bits per heavy atom. The lowest BCUT2D eigenvalue weighted by Crippen LogP contribution is -1.87. The molecule has 1 radical (unpaired) electrons. The summed E-state index contributed by atoms with van der Waals surface area (Å²) in [6.45, 7) is 1.01. The molecule has 0 aromatic rings. The Hall–Kier alpha value is 0.330. The van der Waals surface area contributed by atoms with E-state index < -0.39 is 0 Å². The van der Waals surface area contributed by atoms with Gasteiger partial charge in [0.2, 0.25) is 0 Å². The molecule has 1 rings (SSSR count). The van der Waals surface area contributed by atoms with Crippen LogP contribution in [0, 0.1) is 0 Å². The maximum absolute atomic E-state index is 10.0. The van der Waals surface area contributed by atoms with Crippen LogP contribution in [0.4, 0.5) is 0 Å². The predicted molar refractivity (Wildman–Crippen MR) is 47.4 cm³/mol. The highest BCUT2D eigenvalue weighted by Crippen LogP contribution is 2.22. The van der Waals surface area contributed by atoms with E-state index in [1.165, 1.54) is 4.38 Å². The lowest BCUT2D eigenvalue weighted by molar-refractivity contribution is 0.195. The molecular formula is C6H10NOS2. The molecule has 10 heavy (non-hydrogen) atoms. The molecule has 1 aliphatic rings. The van der Waals surface area contributed by atoms with Crippen molar-refractivity contribution in [2.45, 2.75) is 6.42 Å². The molecule has 0 spiro atoms. The van der Waals surface area contributed by atoms with E-state index in [0.717, 1.165) is 24.5 Å². The van der Waals surface area contributed by atoms with Crippen LogP contribution in [0.5, 0.6) is 0 Å². The van der Waals surface area contributed by atoms with Crippen LogP contribution in [-0.4, -0.2) is 29.0 Å². The first kappa shape index (κ1) is 8.43. The largest absolute Gasteiger partial charge is 0.271 e. The van der Waals surface area contributed by atoms with Gasteiger partial charge in [0.15, 0.2) is 0 Å². The molecule has 4 heteroatoms. The highest BCUT2D eigenvalue weighted by molar-refractivity contribution is 8.39. The Morgan fingerprint density at radius 1 is 1.70 bits per heavy atom. The Morgan fingerprint density at radius 2 is 2.60 bits per heavy atom. The van der Waals surface area contributed by atoms with Gasteiger partial charge in [-0.2, -0.15) is 0 Å². The van der Waals surface area contributed by atoms with Crippen LogP contribution < -0.4 is 0 Å². The summed E-state index contributed by atoms with van der Waals surface area (Å²) in [6.07, 6.45) is 0.768. The van der Waals surface area contributed by atoms with E-state index in [1.807, 2.05) is 0 Å². The fourth-order valence-corrected chi connectivity index (χ4v) is 2.61. The number of rotatable bonds is 3. The van der Waals surface area contributed by atoms with Crippen LogP contribution in [0.3, 0.4) is 0 Å². The molecule has 1 aliphatic heterocycles. The standard InChI is InChI=1S/C6H10NOS2/c8-3-1-4-9-6-7-2-5-10-6/h1-5H2. The molecule has 0 aromatic carbocycles. The molecule has 0 amide bonds. The second-order valence-corrected chi connectivity index (χ2v) is 4.33.